The Bertz CT molecular complexity index is 908. The molecular weight excluding hydrogens is 477 g/mol. The van der Waals surface area contributed by atoms with Crippen molar-refractivity contribution >= 4 is 28.2 Å². The Labute approximate surface area is 204 Å². The molecule has 0 saturated heterocycles. The van der Waals surface area contributed by atoms with Gasteiger partial charge in [-0.25, -0.2) is 0 Å². The van der Waals surface area contributed by atoms with E-state index in [1.54, 1.807) is 0 Å². The number of alkyl halides is 3. The lowest BCUT2D eigenvalue weighted by molar-refractivity contribution is -0.137. The molecular formula is C25H39F3O4Si2. The highest BCUT2D eigenvalue weighted by atomic mass is 28.4. The van der Waals surface area contributed by atoms with Gasteiger partial charge in [0.2, 0.25) is 0 Å². The van der Waals surface area contributed by atoms with Gasteiger partial charge in [-0.3, -0.25) is 4.79 Å². The smallest absolute Gasteiger partial charge is 0.416 e. The summed E-state index contributed by atoms with van der Waals surface area (Å²) in [7, 11) is -4.46. The van der Waals surface area contributed by atoms with E-state index in [4.69, 9.17) is 13.6 Å². The maximum atomic E-state index is 13.3. The first-order chi connectivity index (χ1) is 15.2. The van der Waals surface area contributed by atoms with Crippen LogP contribution in [0.15, 0.2) is 30.3 Å². The van der Waals surface area contributed by atoms with Gasteiger partial charge in [-0.2, -0.15) is 13.2 Å². The van der Waals surface area contributed by atoms with E-state index in [0.717, 1.165) is 12.1 Å². The molecule has 0 saturated carbocycles. The van der Waals surface area contributed by atoms with Gasteiger partial charge >= 0.3 is 6.18 Å². The highest BCUT2D eigenvalue weighted by Crippen LogP contribution is 2.41. The second-order valence-electron chi connectivity index (χ2n) is 12.0. The zero-order valence-corrected chi connectivity index (χ0v) is 24.0. The van der Waals surface area contributed by atoms with Crippen LogP contribution in [0.1, 0.15) is 52.7 Å². The van der Waals surface area contributed by atoms with Crippen molar-refractivity contribution in [2.24, 2.45) is 0 Å². The Morgan fingerprint density at radius 2 is 1.38 bits per heavy atom. The van der Waals surface area contributed by atoms with Gasteiger partial charge in [0.05, 0.1) is 12.2 Å². The molecule has 1 aromatic rings. The lowest BCUT2D eigenvalue weighted by Crippen LogP contribution is -2.54. The molecule has 1 aliphatic heterocycles. The zero-order valence-electron chi connectivity index (χ0n) is 22.0. The minimum atomic E-state index is -4.43. The van der Waals surface area contributed by atoms with Crippen molar-refractivity contribution in [1.82, 2.24) is 0 Å². The molecule has 34 heavy (non-hydrogen) atoms. The molecule has 0 N–H and O–H groups in total. The average molecular weight is 517 g/mol. The molecule has 0 bridgehead atoms. The number of benzene rings is 1. The predicted octanol–water partition coefficient (Wildman–Crippen LogP) is 7.43. The summed E-state index contributed by atoms with van der Waals surface area (Å²) in [6, 6.07) is 4.62. The van der Waals surface area contributed by atoms with Crippen molar-refractivity contribution in [2.45, 2.75) is 96.2 Å². The van der Waals surface area contributed by atoms with Gasteiger partial charge in [-0.1, -0.05) is 53.7 Å². The minimum Gasteiger partial charge on any atom is -0.484 e. The molecule has 192 valence electrons. The molecule has 1 aromatic carbocycles. The first kappa shape index (κ1) is 28.8. The summed E-state index contributed by atoms with van der Waals surface area (Å²) in [5, 5.41) is -0.150. The third kappa shape index (κ3) is 6.62. The second kappa shape index (κ2) is 9.56. The van der Waals surface area contributed by atoms with E-state index in [1.807, 2.05) is 0 Å². The normalized spacial score (nSPS) is 20.7. The quantitative estimate of drug-likeness (QED) is 0.369. The average Bonchev–Trinajstić information content (AvgIpc) is 2.66. The van der Waals surface area contributed by atoms with Gasteiger partial charge in [0, 0.05) is 11.6 Å². The summed E-state index contributed by atoms with van der Waals surface area (Å²) in [4.78, 5) is 13.3. The first-order valence-electron chi connectivity index (χ1n) is 11.6. The molecule has 0 aromatic heterocycles. The van der Waals surface area contributed by atoms with E-state index in [-0.39, 0.29) is 28.2 Å². The van der Waals surface area contributed by atoms with E-state index in [2.05, 4.69) is 67.7 Å². The lowest BCUT2D eigenvalue weighted by atomic mass is 10.0. The number of carbonyl (C=O) groups is 1. The molecule has 0 unspecified atom stereocenters. The van der Waals surface area contributed by atoms with Crippen molar-refractivity contribution in [2.75, 3.05) is 6.61 Å². The first-order valence-corrected chi connectivity index (χ1v) is 17.4. The Morgan fingerprint density at radius 1 is 0.882 bits per heavy atom. The highest BCUT2D eigenvalue weighted by Gasteiger charge is 2.46. The van der Waals surface area contributed by atoms with Crippen molar-refractivity contribution in [3.63, 3.8) is 0 Å². The molecule has 1 aliphatic rings. The minimum absolute atomic E-state index is 0.0342. The Morgan fingerprint density at radius 3 is 1.82 bits per heavy atom. The molecule has 0 fully saturated rings. The standard InChI is InChI=1S/C25H39F3O4Si2/c1-23(2,3)33(7,8)30-16-21-22(32-34(9,10)24(4,5)6)19(29)15-20(31-21)17-11-13-18(14-12-17)25(26,27)28/h11-15,21-22H,16H2,1-10H3/t21-,22+/m1/s1. The van der Waals surface area contributed by atoms with E-state index in [1.165, 1.54) is 18.2 Å². The van der Waals surface area contributed by atoms with Gasteiger partial charge in [0.25, 0.3) is 0 Å². The fourth-order valence-electron chi connectivity index (χ4n) is 2.88. The van der Waals surface area contributed by atoms with Gasteiger partial charge in [-0.05, 0) is 48.4 Å². The maximum absolute atomic E-state index is 13.3. The topological polar surface area (TPSA) is 44.8 Å². The lowest BCUT2D eigenvalue weighted by Gasteiger charge is -2.43. The summed E-state index contributed by atoms with van der Waals surface area (Å²) in [6.07, 6.45) is -4.62. The van der Waals surface area contributed by atoms with Crippen LogP contribution in [0.25, 0.3) is 5.76 Å². The third-order valence-electron chi connectivity index (χ3n) is 7.31. The van der Waals surface area contributed by atoms with Gasteiger partial charge in [0.15, 0.2) is 28.5 Å². The molecule has 1 heterocycles. The van der Waals surface area contributed by atoms with Crippen LogP contribution in [0.5, 0.6) is 0 Å². The summed E-state index contributed by atoms with van der Waals surface area (Å²) in [5.74, 6) is -0.0209. The number of ketones is 1. The van der Waals surface area contributed by atoms with Crippen LogP contribution in [0, 0.1) is 0 Å². The third-order valence-corrected chi connectivity index (χ3v) is 16.3. The van der Waals surface area contributed by atoms with Crippen LogP contribution >= 0.6 is 0 Å². The van der Waals surface area contributed by atoms with Crippen molar-refractivity contribution in [3.8, 4) is 0 Å². The predicted molar refractivity (Wildman–Crippen MR) is 135 cm³/mol. The van der Waals surface area contributed by atoms with E-state index in [0.29, 0.717) is 5.56 Å². The molecule has 0 spiro atoms. The molecule has 9 heteroatoms. The summed E-state index contributed by atoms with van der Waals surface area (Å²) >= 11 is 0. The van der Waals surface area contributed by atoms with Crippen LogP contribution in [0.2, 0.25) is 36.3 Å². The number of hydrogen-bond donors (Lipinski definition) is 0. The van der Waals surface area contributed by atoms with Crippen LogP contribution < -0.4 is 0 Å². The maximum Gasteiger partial charge on any atom is 0.416 e. The summed E-state index contributed by atoms with van der Waals surface area (Å²) in [5.41, 5.74) is -0.347. The number of hydrogen-bond acceptors (Lipinski definition) is 4. The zero-order chi connectivity index (χ0) is 26.3. The van der Waals surface area contributed by atoms with Gasteiger partial charge in [0.1, 0.15) is 11.9 Å². The summed E-state index contributed by atoms with van der Waals surface area (Å²) in [6.45, 7) is 21.2. The second-order valence-corrected chi connectivity index (χ2v) is 21.6. The SMILES string of the molecule is CC(C)(C)[Si](C)(C)OC[C@H]1OC(c2ccc(C(F)(F)F)cc2)=CC(=O)[C@@H]1O[Si](C)(C)C(C)(C)C. The van der Waals surface area contributed by atoms with Crippen molar-refractivity contribution < 1.29 is 31.6 Å². The Hall–Kier alpha value is -1.43. The summed E-state index contributed by atoms with van der Waals surface area (Å²) < 4.78 is 58.0. The van der Waals surface area contributed by atoms with E-state index >= 15 is 0 Å². The van der Waals surface area contributed by atoms with Crippen LogP contribution in [-0.2, 0) is 24.6 Å². The van der Waals surface area contributed by atoms with E-state index < -0.39 is 40.6 Å². The van der Waals surface area contributed by atoms with E-state index in [9.17, 15) is 18.0 Å². The highest BCUT2D eigenvalue weighted by molar-refractivity contribution is 6.74. The fraction of sp³-hybridized carbons (Fsp3) is 0.640. The van der Waals surface area contributed by atoms with Crippen LogP contribution in [0.3, 0.4) is 0 Å². The van der Waals surface area contributed by atoms with Gasteiger partial charge in [-0.15, -0.1) is 0 Å². The van der Waals surface area contributed by atoms with Crippen LogP contribution in [-0.4, -0.2) is 41.2 Å². The molecule has 0 amide bonds. The number of ether oxygens (including phenoxy) is 1. The molecule has 2 rings (SSSR count). The number of rotatable bonds is 6. The molecule has 0 radical (unpaired) electrons. The van der Waals surface area contributed by atoms with Gasteiger partial charge < -0.3 is 13.6 Å². The molecule has 4 nitrogen and oxygen atoms in total. The number of halogens is 3. The monoisotopic (exact) mass is 516 g/mol. The molecule has 2 atom stereocenters. The molecule has 0 aliphatic carbocycles. The number of carbonyl (C=O) groups excluding carboxylic acids is 1. The largest absolute Gasteiger partial charge is 0.484 e. The van der Waals surface area contributed by atoms with Crippen molar-refractivity contribution in [1.29, 1.82) is 0 Å². The van der Waals surface area contributed by atoms with Crippen molar-refractivity contribution in [3.05, 3.63) is 41.5 Å². The van der Waals surface area contributed by atoms with Crippen LogP contribution in [0.4, 0.5) is 13.2 Å². The fourth-order valence-corrected chi connectivity index (χ4v) is 5.16. The Balaban J connectivity index is 2.39. The Kier molecular flexibility index (Phi) is 8.10.